The summed E-state index contributed by atoms with van der Waals surface area (Å²) >= 11 is 0. The third-order valence-electron chi connectivity index (χ3n) is 4.07. The summed E-state index contributed by atoms with van der Waals surface area (Å²) in [6.07, 6.45) is 0. The fourth-order valence-electron chi connectivity index (χ4n) is 2.22. The third kappa shape index (κ3) is 5.63. The van der Waals surface area contributed by atoms with Crippen molar-refractivity contribution in [2.24, 2.45) is 5.41 Å². The first-order valence-electron chi connectivity index (χ1n) is 8.81. The number of sulfonamides is 1. The van der Waals surface area contributed by atoms with E-state index in [0.717, 1.165) is 4.47 Å². The molecule has 0 saturated heterocycles. The average Bonchev–Trinajstić information content (AvgIpc) is 2.67. The molecule has 0 aliphatic heterocycles. The molecule has 2 aromatic rings. The van der Waals surface area contributed by atoms with Crippen molar-refractivity contribution in [3.05, 3.63) is 54.1 Å². The molecule has 29 heavy (non-hydrogen) atoms. The van der Waals surface area contributed by atoms with E-state index < -0.39 is 15.4 Å². The summed E-state index contributed by atoms with van der Waals surface area (Å²) < 4.78 is 25.1. The molecule has 0 aromatic heterocycles. The van der Waals surface area contributed by atoms with Crippen LogP contribution in [0.1, 0.15) is 31.1 Å². The van der Waals surface area contributed by atoms with Gasteiger partial charge in [-0.15, -0.1) is 0 Å². The Bertz CT molecular complexity index is 996. The second kappa shape index (κ2) is 8.73. The van der Waals surface area contributed by atoms with Gasteiger partial charge in [0, 0.05) is 29.4 Å². The molecule has 0 spiro atoms. The van der Waals surface area contributed by atoms with Crippen LogP contribution in [0.3, 0.4) is 0 Å². The van der Waals surface area contributed by atoms with Crippen LogP contribution in [0.25, 0.3) is 0 Å². The number of nitrogens with zero attached hydrogens (tertiary/aromatic N) is 1. The Morgan fingerprint density at radius 1 is 0.966 bits per heavy atom. The second-order valence-electron chi connectivity index (χ2n) is 7.36. The molecule has 0 aliphatic rings. The van der Waals surface area contributed by atoms with Gasteiger partial charge in [0.2, 0.25) is 5.91 Å². The normalized spacial score (nSPS) is 11.9. The maximum atomic E-state index is 12.5. The Balaban J connectivity index is 2.13. The first-order chi connectivity index (χ1) is 13.4. The average molecular weight is 420 g/mol. The maximum absolute atomic E-state index is 12.5. The molecule has 0 radical (unpaired) electrons. The zero-order chi connectivity index (χ0) is 21.8. The summed E-state index contributed by atoms with van der Waals surface area (Å²) in [5.41, 5.74) is 0.740. The van der Waals surface area contributed by atoms with Crippen LogP contribution < -0.4 is 10.6 Å². The number of hydrogen-bond acceptors (Lipinski definition) is 5. The lowest BCUT2D eigenvalue weighted by atomic mass is 9.95. The molecule has 2 N–H and O–H groups in total. The summed E-state index contributed by atoms with van der Waals surface area (Å²) in [5, 5.41) is 5.48. The summed E-state index contributed by atoms with van der Waals surface area (Å²) in [6, 6.07) is 12.3. The molecule has 0 aliphatic carbocycles. The van der Waals surface area contributed by atoms with Crippen molar-refractivity contribution < 1.29 is 22.8 Å². The van der Waals surface area contributed by atoms with E-state index in [1.165, 1.54) is 38.4 Å². The molecule has 0 atom stereocenters. The number of anilines is 2. The standard InChI is InChI=1S/C20H25N3O5S/c1-20(2,3)19(25)22-16-8-6-7-14(13-16)18(24)21-15-9-11-17(12-10-15)29(26,27)23(4)28-5/h6-13H,1-5H3,(H,21,24)(H,22,25). The molecule has 0 saturated carbocycles. The minimum atomic E-state index is -3.76. The van der Waals surface area contributed by atoms with E-state index in [4.69, 9.17) is 4.84 Å². The van der Waals surface area contributed by atoms with Crippen LogP contribution in [0.4, 0.5) is 11.4 Å². The first-order valence-corrected chi connectivity index (χ1v) is 10.2. The topological polar surface area (TPSA) is 105 Å². The van der Waals surface area contributed by atoms with E-state index in [1.54, 1.807) is 45.0 Å². The van der Waals surface area contributed by atoms with Crippen LogP contribution in [0.15, 0.2) is 53.4 Å². The minimum absolute atomic E-state index is 0.0340. The van der Waals surface area contributed by atoms with Gasteiger partial charge in [-0.25, -0.2) is 8.42 Å². The van der Waals surface area contributed by atoms with Crippen molar-refractivity contribution in [2.45, 2.75) is 25.7 Å². The molecule has 0 heterocycles. The lowest BCUT2D eigenvalue weighted by molar-refractivity contribution is -0.123. The lowest BCUT2D eigenvalue weighted by Gasteiger charge is -2.18. The molecule has 8 nitrogen and oxygen atoms in total. The number of rotatable bonds is 6. The summed E-state index contributed by atoms with van der Waals surface area (Å²) in [6.45, 7) is 5.40. The van der Waals surface area contributed by atoms with Crippen molar-refractivity contribution in [2.75, 3.05) is 24.8 Å². The largest absolute Gasteiger partial charge is 0.326 e. The zero-order valence-electron chi connectivity index (χ0n) is 17.0. The van der Waals surface area contributed by atoms with Crippen molar-refractivity contribution in [3.8, 4) is 0 Å². The molecule has 156 valence electrons. The molecule has 2 aromatic carbocycles. The van der Waals surface area contributed by atoms with Gasteiger partial charge in [-0.2, -0.15) is 0 Å². The highest BCUT2D eigenvalue weighted by Crippen LogP contribution is 2.20. The molecule has 2 amide bonds. The first kappa shape index (κ1) is 22.5. The van der Waals surface area contributed by atoms with E-state index >= 15 is 0 Å². The van der Waals surface area contributed by atoms with Gasteiger partial charge in [0.05, 0.1) is 12.0 Å². The van der Waals surface area contributed by atoms with E-state index in [-0.39, 0.29) is 16.7 Å². The van der Waals surface area contributed by atoms with Gasteiger partial charge in [-0.05, 0) is 42.5 Å². The molecule has 9 heteroatoms. The number of carbonyl (C=O) groups is 2. The maximum Gasteiger partial charge on any atom is 0.264 e. The molecule has 0 fully saturated rings. The summed E-state index contributed by atoms with van der Waals surface area (Å²) in [5.74, 6) is -0.547. The van der Waals surface area contributed by atoms with Crippen LogP contribution in [0.5, 0.6) is 0 Å². The van der Waals surface area contributed by atoms with E-state index in [0.29, 0.717) is 16.9 Å². The minimum Gasteiger partial charge on any atom is -0.326 e. The van der Waals surface area contributed by atoms with Crippen LogP contribution in [0.2, 0.25) is 0 Å². The fraction of sp³-hybridized carbons (Fsp3) is 0.300. The van der Waals surface area contributed by atoms with Crippen molar-refractivity contribution in [1.29, 1.82) is 0 Å². The predicted molar refractivity (Wildman–Crippen MR) is 111 cm³/mol. The van der Waals surface area contributed by atoms with Crippen LogP contribution in [-0.2, 0) is 19.7 Å². The van der Waals surface area contributed by atoms with E-state index in [9.17, 15) is 18.0 Å². The number of benzene rings is 2. The molecular weight excluding hydrogens is 394 g/mol. The van der Waals surface area contributed by atoms with Gasteiger partial charge in [-0.3, -0.25) is 14.4 Å². The predicted octanol–water partition coefficient (Wildman–Crippen LogP) is 3.11. The highest BCUT2D eigenvalue weighted by Gasteiger charge is 2.22. The Labute approximate surface area is 170 Å². The van der Waals surface area contributed by atoms with Gasteiger partial charge in [-0.1, -0.05) is 31.3 Å². The number of amides is 2. The number of hydrogen-bond donors (Lipinski definition) is 2. The Kier molecular flexibility index (Phi) is 6.78. The molecule has 2 rings (SSSR count). The van der Waals surface area contributed by atoms with Gasteiger partial charge in [0.15, 0.2) is 0 Å². The van der Waals surface area contributed by atoms with Crippen LogP contribution >= 0.6 is 0 Å². The van der Waals surface area contributed by atoms with Gasteiger partial charge in [0.1, 0.15) is 0 Å². The van der Waals surface area contributed by atoms with E-state index in [1.807, 2.05) is 0 Å². The number of hydroxylamine groups is 1. The Hall–Kier alpha value is -2.75. The molecule has 0 bridgehead atoms. The van der Waals surface area contributed by atoms with Crippen molar-refractivity contribution >= 4 is 33.2 Å². The van der Waals surface area contributed by atoms with Gasteiger partial charge in [0.25, 0.3) is 15.9 Å². The zero-order valence-corrected chi connectivity index (χ0v) is 17.8. The van der Waals surface area contributed by atoms with Crippen LogP contribution in [-0.4, -0.2) is 38.9 Å². The highest BCUT2D eigenvalue weighted by atomic mass is 32.2. The second-order valence-corrected chi connectivity index (χ2v) is 9.30. The Morgan fingerprint density at radius 2 is 1.59 bits per heavy atom. The van der Waals surface area contributed by atoms with Crippen molar-refractivity contribution in [3.63, 3.8) is 0 Å². The molecular formula is C20H25N3O5S. The lowest BCUT2D eigenvalue weighted by Crippen LogP contribution is -2.27. The number of nitrogens with one attached hydrogen (secondary N) is 2. The van der Waals surface area contributed by atoms with Gasteiger partial charge < -0.3 is 10.6 Å². The van der Waals surface area contributed by atoms with Gasteiger partial charge >= 0.3 is 0 Å². The molecule has 0 unspecified atom stereocenters. The van der Waals surface area contributed by atoms with E-state index in [2.05, 4.69) is 10.6 Å². The highest BCUT2D eigenvalue weighted by molar-refractivity contribution is 7.89. The van der Waals surface area contributed by atoms with Crippen molar-refractivity contribution in [1.82, 2.24) is 4.47 Å². The smallest absolute Gasteiger partial charge is 0.264 e. The number of carbonyl (C=O) groups excluding carboxylic acids is 2. The third-order valence-corrected chi connectivity index (χ3v) is 5.76. The van der Waals surface area contributed by atoms with Crippen LogP contribution in [0, 0.1) is 5.41 Å². The SMILES string of the molecule is CON(C)S(=O)(=O)c1ccc(NC(=O)c2cccc(NC(=O)C(C)(C)C)c2)cc1. The fourth-order valence-corrected chi connectivity index (χ4v) is 3.19. The summed E-state index contributed by atoms with van der Waals surface area (Å²) in [4.78, 5) is 29.4. The monoisotopic (exact) mass is 419 g/mol. The quantitative estimate of drug-likeness (QED) is 0.700. The summed E-state index contributed by atoms with van der Waals surface area (Å²) in [7, 11) is -1.22. The Morgan fingerprint density at radius 3 is 2.14 bits per heavy atom.